The topological polar surface area (TPSA) is 54.4 Å². The Bertz CT molecular complexity index is 210. The Morgan fingerprint density at radius 1 is 1.38 bits per heavy atom. The summed E-state index contributed by atoms with van der Waals surface area (Å²) in [4.78, 5) is 21.2. The van der Waals surface area contributed by atoms with E-state index in [-0.39, 0.29) is 17.7 Å². The molecule has 0 saturated carbocycles. The minimum atomic E-state index is -1.10. The van der Waals surface area contributed by atoms with Crippen LogP contribution in [0.15, 0.2) is 0 Å². The van der Waals surface area contributed by atoms with Crippen molar-refractivity contribution in [2.24, 2.45) is 0 Å². The Morgan fingerprint density at radius 2 is 1.85 bits per heavy atom. The van der Waals surface area contributed by atoms with Crippen molar-refractivity contribution in [3.05, 3.63) is 0 Å². The predicted molar refractivity (Wildman–Crippen MR) is 49.6 cm³/mol. The van der Waals surface area contributed by atoms with E-state index in [1.807, 2.05) is 21.1 Å². The first-order valence-corrected chi connectivity index (χ1v) is 4.36. The van der Waals surface area contributed by atoms with Gasteiger partial charge in [-0.2, -0.15) is 0 Å². The molecule has 0 aliphatic carbocycles. The summed E-state index contributed by atoms with van der Waals surface area (Å²) < 4.78 is 0.437. The number of carboxylic acids is 1. The van der Waals surface area contributed by atoms with Crippen LogP contribution in [0.25, 0.3) is 0 Å². The van der Waals surface area contributed by atoms with Crippen LogP contribution in [0.1, 0.15) is 12.8 Å². The molecule has 0 radical (unpaired) electrons. The van der Waals surface area contributed by atoms with Crippen LogP contribution in [-0.2, 0) is 9.59 Å². The number of halogens is 1. The monoisotopic (exact) mass is 208 g/mol. The fourth-order valence-corrected chi connectivity index (χ4v) is 0.875. The van der Waals surface area contributed by atoms with E-state index in [0.717, 1.165) is 0 Å². The molecule has 5 heteroatoms. The summed E-state index contributed by atoms with van der Waals surface area (Å²) in [6, 6.07) is 0. The third-order valence-corrected chi connectivity index (χ3v) is 2.32. The van der Waals surface area contributed by atoms with Gasteiger partial charge >= 0.3 is 5.97 Å². The maximum atomic E-state index is 11.0. The van der Waals surface area contributed by atoms with Crippen LogP contribution in [0.2, 0.25) is 0 Å². The van der Waals surface area contributed by atoms with Gasteiger partial charge in [0.2, 0.25) is 0 Å². The Balaban J connectivity index is 4.00. The molecule has 4 nitrogen and oxygen atoms in total. The SMILES string of the molecule is C[N+](C)(C)C(Cl)CC(=O)CC(=O)O. The number of Topliss-reactive ketones (excluding diaryl/α,β-unsaturated/α-hetero) is 1. The number of nitrogens with zero attached hydrogens (tertiary/aromatic N) is 1. The number of alkyl halides is 1. The van der Waals surface area contributed by atoms with Crippen LogP contribution in [0.4, 0.5) is 0 Å². The number of hydrogen-bond acceptors (Lipinski definition) is 2. The molecule has 0 aromatic heterocycles. The fourth-order valence-electron chi connectivity index (χ4n) is 0.703. The average Bonchev–Trinajstić information content (AvgIpc) is 1.82. The molecule has 0 aromatic rings. The molecule has 1 atom stereocenters. The summed E-state index contributed by atoms with van der Waals surface area (Å²) in [7, 11) is 5.56. The van der Waals surface area contributed by atoms with E-state index in [1.54, 1.807) is 0 Å². The largest absolute Gasteiger partial charge is 0.481 e. The molecule has 0 aliphatic heterocycles. The van der Waals surface area contributed by atoms with E-state index >= 15 is 0 Å². The molecule has 0 heterocycles. The van der Waals surface area contributed by atoms with Gasteiger partial charge in [0, 0.05) is 0 Å². The lowest BCUT2D eigenvalue weighted by molar-refractivity contribution is -0.881. The van der Waals surface area contributed by atoms with E-state index in [2.05, 4.69) is 0 Å². The van der Waals surface area contributed by atoms with Gasteiger partial charge in [-0.1, -0.05) is 11.6 Å². The first-order chi connectivity index (χ1) is 5.73. The predicted octanol–water partition coefficient (Wildman–Crippen LogP) is 0.691. The zero-order chi connectivity index (χ0) is 10.6. The third kappa shape index (κ3) is 5.60. The van der Waals surface area contributed by atoms with Crippen LogP contribution in [0, 0.1) is 0 Å². The Labute approximate surface area is 82.7 Å². The van der Waals surface area contributed by atoms with Crippen molar-refractivity contribution in [1.82, 2.24) is 0 Å². The zero-order valence-electron chi connectivity index (χ0n) is 8.08. The van der Waals surface area contributed by atoms with Crippen molar-refractivity contribution in [1.29, 1.82) is 0 Å². The molecule has 0 amide bonds. The van der Waals surface area contributed by atoms with Gasteiger partial charge in [-0.25, -0.2) is 0 Å². The Hall–Kier alpha value is -0.610. The Kier molecular flexibility index (Phi) is 4.36. The van der Waals surface area contributed by atoms with Crippen molar-refractivity contribution < 1.29 is 19.2 Å². The van der Waals surface area contributed by atoms with E-state index in [9.17, 15) is 9.59 Å². The maximum Gasteiger partial charge on any atom is 0.310 e. The molecule has 0 fully saturated rings. The smallest absolute Gasteiger partial charge is 0.310 e. The highest BCUT2D eigenvalue weighted by Crippen LogP contribution is 2.13. The second-order valence-electron chi connectivity index (χ2n) is 3.86. The minimum absolute atomic E-state index is 0.0946. The van der Waals surface area contributed by atoms with E-state index in [0.29, 0.717) is 4.48 Å². The highest BCUT2D eigenvalue weighted by molar-refractivity contribution is 6.21. The summed E-state index contributed by atoms with van der Waals surface area (Å²) in [5.74, 6) is -1.43. The van der Waals surface area contributed by atoms with Gasteiger partial charge in [-0.05, 0) is 0 Å². The first kappa shape index (κ1) is 12.4. The van der Waals surface area contributed by atoms with Crippen LogP contribution >= 0.6 is 11.6 Å². The average molecular weight is 209 g/mol. The van der Waals surface area contributed by atoms with Crippen molar-refractivity contribution >= 4 is 23.4 Å². The molecular formula is C8H15ClNO3+. The third-order valence-electron chi connectivity index (χ3n) is 1.58. The summed E-state index contributed by atoms with van der Waals surface area (Å²) in [5, 5.41) is 8.33. The highest BCUT2D eigenvalue weighted by atomic mass is 35.5. The second-order valence-corrected chi connectivity index (χ2v) is 4.37. The normalized spacial score (nSPS) is 13.8. The summed E-state index contributed by atoms with van der Waals surface area (Å²) >= 11 is 5.89. The standard InChI is InChI=1S/C8H14ClNO3/c1-10(2,3)7(9)4-6(11)5-8(12)13/h7H,4-5H2,1-3H3/p+1. The van der Waals surface area contributed by atoms with E-state index < -0.39 is 12.4 Å². The molecule has 0 rings (SSSR count). The van der Waals surface area contributed by atoms with Crippen LogP contribution in [0.3, 0.4) is 0 Å². The zero-order valence-corrected chi connectivity index (χ0v) is 8.84. The molecule has 0 aromatic carbocycles. The maximum absolute atomic E-state index is 11.0. The van der Waals surface area contributed by atoms with Gasteiger partial charge < -0.3 is 9.59 Å². The molecule has 76 valence electrons. The first-order valence-electron chi connectivity index (χ1n) is 3.92. The summed E-state index contributed by atoms with van der Waals surface area (Å²) in [6.07, 6.45) is -0.347. The molecule has 0 saturated heterocycles. The lowest BCUT2D eigenvalue weighted by Gasteiger charge is -2.28. The molecule has 1 unspecified atom stereocenters. The van der Waals surface area contributed by atoms with E-state index in [4.69, 9.17) is 16.7 Å². The number of ketones is 1. The Morgan fingerprint density at radius 3 is 2.15 bits per heavy atom. The molecule has 0 spiro atoms. The number of carbonyl (C=O) groups is 2. The van der Waals surface area contributed by atoms with Gasteiger partial charge in [0.05, 0.1) is 27.6 Å². The lowest BCUT2D eigenvalue weighted by Crippen LogP contribution is -2.42. The number of carbonyl (C=O) groups excluding carboxylic acids is 1. The van der Waals surface area contributed by atoms with Gasteiger partial charge in [0.25, 0.3) is 0 Å². The fraction of sp³-hybridized carbons (Fsp3) is 0.750. The van der Waals surface area contributed by atoms with Gasteiger partial charge in [0.1, 0.15) is 6.42 Å². The van der Waals surface area contributed by atoms with Crippen LogP contribution in [-0.4, -0.2) is 48.0 Å². The minimum Gasteiger partial charge on any atom is -0.481 e. The summed E-state index contributed by atoms with van der Waals surface area (Å²) in [5.41, 5.74) is -0.369. The number of hydrogen-bond donors (Lipinski definition) is 1. The van der Waals surface area contributed by atoms with Gasteiger partial charge in [-0.15, -0.1) is 0 Å². The number of quaternary nitrogens is 1. The van der Waals surface area contributed by atoms with Crippen molar-refractivity contribution in [3.8, 4) is 0 Å². The molecule has 13 heavy (non-hydrogen) atoms. The molecule has 0 bridgehead atoms. The second kappa shape index (κ2) is 4.58. The van der Waals surface area contributed by atoms with Crippen LogP contribution < -0.4 is 0 Å². The van der Waals surface area contributed by atoms with E-state index in [1.165, 1.54) is 0 Å². The molecule has 1 N–H and O–H groups in total. The highest BCUT2D eigenvalue weighted by Gasteiger charge is 2.24. The molecule has 0 aliphatic rings. The van der Waals surface area contributed by atoms with Crippen molar-refractivity contribution in [2.75, 3.05) is 21.1 Å². The van der Waals surface area contributed by atoms with Crippen molar-refractivity contribution in [3.63, 3.8) is 0 Å². The number of carboxylic acid groups (broad SMARTS) is 1. The van der Waals surface area contributed by atoms with Crippen molar-refractivity contribution in [2.45, 2.75) is 18.3 Å². The summed E-state index contributed by atoms with van der Waals surface area (Å²) in [6.45, 7) is 0. The molecular weight excluding hydrogens is 194 g/mol. The quantitative estimate of drug-likeness (QED) is 0.313. The van der Waals surface area contributed by atoms with Crippen LogP contribution in [0.5, 0.6) is 0 Å². The van der Waals surface area contributed by atoms with Gasteiger partial charge in [-0.3, -0.25) is 9.59 Å². The van der Waals surface area contributed by atoms with Gasteiger partial charge in [0.15, 0.2) is 11.3 Å². The number of rotatable bonds is 5. The lowest BCUT2D eigenvalue weighted by atomic mass is 10.2. The number of aliphatic carboxylic acids is 1.